The molecule has 0 saturated carbocycles. The smallest absolute Gasteiger partial charge is 0.192 e. The van der Waals surface area contributed by atoms with E-state index in [0.717, 1.165) is 43.0 Å². The van der Waals surface area contributed by atoms with Crippen LogP contribution in [0.5, 0.6) is 5.75 Å². The van der Waals surface area contributed by atoms with E-state index in [1.54, 1.807) is 30.2 Å². The third-order valence-electron chi connectivity index (χ3n) is 4.35. The Labute approximate surface area is 192 Å². The number of hydrogen-bond donors (Lipinski definition) is 0. The number of nitrogens with zero attached hydrogens (tertiary/aromatic N) is 4. The van der Waals surface area contributed by atoms with E-state index in [9.17, 15) is 0 Å². The number of thiazole rings is 1. The molecular formula is C22H19BrN4OS2. The van der Waals surface area contributed by atoms with Gasteiger partial charge >= 0.3 is 0 Å². The van der Waals surface area contributed by atoms with E-state index in [2.05, 4.69) is 42.7 Å². The van der Waals surface area contributed by atoms with Crippen molar-refractivity contribution in [3.8, 4) is 27.7 Å². The molecule has 0 spiro atoms. The van der Waals surface area contributed by atoms with Gasteiger partial charge in [-0.15, -0.1) is 28.1 Å². The fraction of sp³-hybridized carbons (Fsp3) is 0.136. The standard InChI is InChI=1S/C22H19BrN4OS2/c1-3-11-27-20(15-7-5-4-6-8-15)25-26-22(27)30-14-17-13-29-21(24-17)18-12-16(23)9-10-19(18)28-2/h3-10,12-13H,1,11,14H2,2H3. The highest BCUT2D eigenvalue weighted by molar-refractivity contribution is 9.10. The quantitative estimate of drug-likeness (QED) is 0.210. The topological polar surface area (TPSA) is 52.8 Å². The Balaban J connectivity index is 1.55. The monoisotopic (exact) mass is 498 g/mol. The minimum Gasteiger partial charge on any atom is -0.496 e. The van der Waals surface area contributed by atoms with E-state index in [4.69, 9.17) is 9.72 Å². The summed E-state index contributed by atoms with van der Waals surface area (Å²) in [6.45, 7) is 4.53. The van der Waals surface area contributed by atoms with Gasteiger partial charge in [0.05, 0.1) is 18.4 Å². The number of halogens is 1. The van der Waals surface area contributed by atoms with Crippen LogP contribution in [0.1, 0.15) is 5.69 Å². The molecule has 2 aromatic heterocycles. The molecule has 5 nitrogen and oxygen atoms in total. The second-order valence-electron chi connectivity index (χ2n) is 6.35. The zero-order valence-corrected chi connectivity index (χ0v) is 19.5. The maximum Gasteiger partial charge on any atom is 0.192 e. The maximum atomic E-state index is 5.49. The molecule has 0 radical (unpaired) electrons. The van der Waals surface area contributed by atoms with Crippen molar-refractivity contribution >= 4 is 39.0 Å². The van der Waals surface area contributed by atoms with Gasteiger partial charge in [-0.05, 0) is 18.2 Å². The molecule has 0 aliphatic heterocycles. The molecule has 4 rings (SSSR count). The zero-order valence-electron chi connectivity index (χ0n) is 16.3. The van der Waals surface area contributed by atoms with Gasteiger partial charge in [-0.3, -0.25) is 4.57 Å². The van der Waals surface area contributed by atoms with Crippen LogP contribution in [0.25, 0.3) is 22.0 Å². The number of ether oxygens (including phenoxy) is 1. The average molecular weight is 499 g/mol. The lowest BCUT2D eigenvalue weighted by molar-refractivity contribution is 0.416. The highest BCUT2D eigenvalue weighted by Gasteiger charge is 2.15. The molecule has 0 aliphatic rings. The van der Waals surface area contributed by atoms with Crippen LogP contribution in [-0.4, -0.2) is 26.9 Å². The predicted octanol–water partition coefficient (Wildman–Crippen LogP) is 6.32. The van der Waals surface area contributed by atoms with E-state index in [-0.39, 0.29) is 0 Å². The van der Waals surface area contributed by atoms with Crippen molar-refractivity contribution in [2.24, 2.45) is 0 Å². The van der Waals surface area contributed by atoms with Crippen molar-refractivity contribution in [3.63, 3.8) is 0 Å². The van der Waals surface area contributed by atoms with Crippen molar-refractivity contribution in [2.45, 2.75) is 17.5 Å². The van der Waals surface area contributed by atoms with Crippen LogP contribution in [0.4, 0.5) is 0 Å². The molecule has 0 unspecified atom stereocenters. The lowest BCUT2D eigenvalue weighted by atomic mass is 10.2. The molecule has 2 aromatic carbocycles. The fourth-order valence-electron chi connectivity index (χ4n) is 2.97. The number of allylic oxidation sites excluding steroid dienone is 1. The van der Waals surface area contributed by atoms with Gasteiger partial charge in [-0.2, -0.15) is 0 Å². The molecule has 0 amide bonds. The summed E-state index contributed by atoms with van der Waals surface area (Å²) in [5, 5.41) is 12.7. The molecule has 0 saturated heterocycles. The van der Waals surface area contributed by atoms with Crippen molar-refractivity contribution in [1.82, 2.24) is 19.7 Å². The Kier molecular flexibility index (Phi) is 6.66. The van der Waals surface area contributed by atoms with Crippen LogP contribution in [0.15, 0.2) is 76.2 Å². The van der Waals surface area contributed by atoms with E-state index in [0.29, 0.717) is 12.3 Å². The number of benzene rings is 2. The van der Waals surface area contributed by atoms with E-state index >= 15 is 0 Å². The summed E-state index contributed by atoms with van der Waals surface area (Å²) in [7, 11) is 1.67. The largest absolute Gasteiger partial charge is 0.496 e. The maximum absolute atomic E-state index is 5.49. The van der Waals surface area contributed by atoms with Crippen molar-refractivity contribution in [2.75, 3.05) is 7.11 Å². The Morgan fingerprint density at radius 1 is 1.20 bits per heavy atom. The number of rotatable bonds is 8. The fourth-order valence-corrected chi connectivity index (χ4v) is 5.12. The first-order valence-electron chi connectivity index (χ1n) is 9.20. The normalized spacial score (nSPS) is 10.9. The Bertz CT molecular complexity index is 1160. The van der Waals surface area contributed by atoms with Crippen LogP contribution in [-0.2, 0) is 12.3 Å². The molecule has 0 atom stereocenters. The second-order valence-corrected chi connectivity index (χ2v) is 9.07. The number of hydrogen-bond acceptors (Lipinski definition) is 6. The van der Waals surface area contributed by atoms with Gasteiger partial charge in [0.25, 0.3) is 0 Å². The number of aromatic nitrogens is 4. The van der Waals surface area contributed by atoms with Crippen LogP contribution < -0.4 is 4.74 Å². The highest BCUT2D eigenvalue weighted by atomic mass is 79.9. The van der Waals surface area contributed by atoms with Crippen LogP contribution in [0, 0.1) is 0 Å². The molecule has 0 N–H and O–H groups in total. The van der Waals surface area contributed by atoms with Gasteiger partial charge in [0.1, 0.15) is 10.8 Å². The SMILES string of the molecule is C=CCn1c(SCc2csc(-c3cc(Br)ccc3OC)n2)nnc1-c1ccccc1. The van der Waals surface area contributed by atoms with Gasteiger partial charge < -0.3 is 4.74 Å². The molecule has 0 fully saturated rings. The lowest BCUT2D eigenvalue weighted by Crippen LogP contribution is -2.00. The summed E-state index contributed by atoms with van der Waals surface area (Å²) in [5.74, 6) is 2.36. The molecule has 0 bridgehead atoms. The summed E-state index contributed by atoms with van der Waals surface area (Å²) in [6.07, 6.45) is 1.86. The second kappa shape index (κ2) is 9.59. The summed E-state index contributed by atoms with van der Waals surface area (Å²) in [5.41, 5.74) is 3.02. The van der Waals surface area contributed by atoms with Crippen molar-refractivity contribution in [3.05, 3.63) is 76.7 Å². The van der Waals surface area contributed by atoms with E-state index in [1.807, 2.05) is 54.6 Å². The first-order chi connectivity index (χ1) is 14.7. The van der Waals surface area contributed by atoms with Gasteiger partial charge in [-0.25, -0.2) is 4.98 Å². The molecule has 152 valence electrons. The van der Waals surface area contributed by atoms with Crippen molar-refractivity contribution in [1.29, 1.82) is 0 Å². The Morgan fingerprint density at radius 2 is 2.03 bits per heavy atom. The summed E-state index contributed by atoms with van der Waals surface area (Å²) in [6, 6.07) is 16.0. The number of thioether (sulfide) groups is 1. The Hall–Kier alpha value is -2.42. The van der Waals surface area contributed by atoms with Crippen LogP contribution in [0.3, 0.4) is 0 Å². The molecule has 8 heteroatoms. The molecule has 2 heterocycles. The summed E-state index contributed by atoms with van der Waals surface area (Å²) in [4.78, 5) is 4.81. The van der Waals surface area contributed by atoms with E-state index < -0.39 is 0 Å². The zero-order chi connectivity index (χ0) is 20.9. The summed E-state index contributed by atoms with van der Waals surface area (Å²) >= 11 is 6.76. The average Bonchev–Trinajstić information content (AvgIpc) is 3.40. The molecule has 30 heavy (non-hydrogen) atoms. The third-order valence-corrected chi connectivity index (χ3v) is 6.77. The first-order valence-corrected chi connectivity index (χ1v) is 11.9. The summed E-state index contributed by atoms with van der Waals surface area (Å²) < 4.78 is 8.57. The predicted molar refractivity (Wildman–Crippen MR) is 127 cm³/mol. The highest BCUT2D eigenvalue weighted by Crippen LogP contribution is 2.35. The van der Waals surface area contributed by atoms with Gasteiger partial charge in [-0.1, -0.05) is 64.1 Å². The molecule has 0 aliphatic carbocycles. The minimum absolute atomic E-state index is 0.650. The minimum atomic E-state index is 0.650. The van der Waals surface area contributed by atoms with Crippen LogP contribution >= 0.6 is 39.0 Å². The number of methoxy groups -OCH3 is 1. The van der Waals surface area contributed by atoms with Gasteiger partial charge in [0.2, 0.25) is 0 Å². The van der Waals surface area contributed by atoms with Crippen LogP contribution in [0.2, 0.25) is 0 Å². The molecule has 4 aromatic rings. The third kappa shape index (κ3) is 4.50. The van der Waals surface area contributed by atoms with Gasteiger partial charge in [0.15, 0.2) is 11.0 Å². The van der Waals surface area contributed by atoms with Gasteiger partial charge in [0, 0.05) is 27.7 Å². The van der Waals surface area contributed by atoms with E-state index in [1.165, 1.54) is 0 Å². The van der Waals surface area contributed by atoms with Crippen molar-refractivity contribution < 1.29 is 4.74 Å². The Morgan fingerprint density at radius 3 is 2.80 bits per heavy atom. The lowest BCUT2D eigenvalue weighted by Gasteiger charge is -2.07. The first kappa shape index (κ1) is 20.8. The molecular weight excluding hydrogens is 480 g/mol.